The molecule has 1 fully saturated rings. The number of amides is 1. The van der Waals surface area contributed by atoms with Gasteiger partial charge in [0.15, 0.2) is 0 Å². The number of hydrogen-bond acceptors (Lipinski definition) is 3. The zero-order chi connectivity index (χ0) is 24.6. The number of likely N-dealkylation sites (tertiary alicyclic amines) is 1. The lowest BCUT2D eigenvalue weighted by Gasteiger charge is -2.32. The topological polar surface area (TPSA) is 41.6 Å². The van der Waals surface area contributed by atoms with Crippen LogP contribution in [-0.4, -0.2) is 37.0 Å². The van der Waals surface area contributed by atoms with Gasteiger partial charge in [0, 0.05) is 12.1 Å². The van der Waals surface area contributed by atoms with Crippen molar-refractivity contribution in [3.05, 3.63) is 114 Å². The molecule has 4 aromatic carbocycles. The van der Waals surface area contributed by atoms with E-state index >= 15 is 0 Å². The maximum absolute atomic E-state index is 12.5. The minimum absolute atomic E-state index is 0.0645. The van der Waals surface area contributed by atoms with Crippen LogP contribution in [0.15, 0.2) is 97.1 Å². The summed E-state index contributed by atoms with van der Waals surface area (Å²) in [5.74, 6) is 1.53. The smallest absolute Gasteiger partial charge is 0.251 e. The van der Waals surface area contributed by atoms with E-state index < -0.39 is 0 Å². The number of benzene rings is 4. The van der Waals surface area contributed by atoms with Crippen molar-refractivity contribution in [2.75, 3.05) is 26.2 Å². The summed E-state index contributed by atoms with van der Waals surface area (Å²) in [7, 11) is 0. The molecule has 4 nitrogen and oxygen atoms in total. The van der Waals surface area contributed by atoms with Gasteiger partial charge < -0.3 is 10.1 Å². The van der Waals surface area contributed by atoms with Crippen LogP contribution in [0, 0.1) is 5.92 Å². The number of rotatable bonds is 9. The summed E-state index contributed by atoms with van der Waals surface area (Å²) < 4.78 is 5.82. The summed E-state index contributed by atoms with van der Waals surface area (Å²) in [6, 6.07) is 33.1. The molecule has 1 aliphatic heterocycles. The molecule has 36 heavy (non-hydrogen) atoms. The van der Waals surface area contributed by atoms with E-state index in [-0.39, 0.29) is 5.91 Å². The lowest BCUT2D eigenvalue weighted by atomic mass is 9.90. The lowest BCUT2D eigenvalue weighted by molar-refractivity contribution is 0.0947. The van der Waals surface area contributed by atoms with Crippen molar-refractivity contribution in [3.8, 4) is 5.75 Å². The molecule has 0 aliphatic carbocycles. The predicted octanol–water partition coefficient (Wildman–Crippen LogP) is 6.10. The van der Waals surface area contributed by atoms with Crippen LogP contribution in [0.25, 0.3) is 10.8 Å². The number of carbonyl (C=O) groups excluding carboxylic acids is 1. The first kappa shape index (κ1) is 24.1. The molecular formula is C32H34N2O2. The molecule has 0 bridgehead atoms. The van der Waals surface area contributed by atoms with E-state index in [1.54, 1.807) is 0 Å². The van der Waals surface area contributed by atoms with Gasteiger partial charge in [-0.3, -0.25) is 9.69 Å². The molecule has 1 N–H and O–H groups in total. The van der Waals surface area contributed by atoms with Crippen LogP contribution < -0.4 is 10.1 Å². The number of piperidine rings is 1. The number of ether oxygens (including phenoxy) is 1. The van der Waals surface area contributed by atoms with Crippen LogP contribution in [0.3, 0.4) is 0 Å². The quantitative estimate of drug-likeness (QED) is 0.295. The zero-order valence-electron chi connectivity index (χ0n) is 20.7. The van der Waals surface area contributed by atoms with Crippen LogP contribution in [0.5, 0.6) is 5.75 Å². The maximum atomic E-state index is 12.5. The fourth-order valence-corrected chi connectivity index (χ4v) is 5.01. The first-order valence-corrected chi connectivity index (χ1v) is 13.0. The number of nitrogens with one attached hydrogen (secondary N) is 1. The van der Waals surface area contributed by atoms with E-state index in [0.717, 1.165) is 36.7 Å². The van der Waals surface area contributed by atoms with Crippen LogP contribution in [-0.2, 0) is 13.0 Å². The Kier molecular flexibility index (Phi) is 7.94. The first-order chi connectivity index (χ1) is 17.7. The molecule has 1 heterocycles. The van der Waals surface area contributed by atoms with Crippen LogP contribution in [0.4, 0.5) is 0 Å². The third-order valence-corrected chi connectivity index (χ3v) is 7.07. The Morgan fingerprint density at radius 2 is 1.53 bits per heavy atom. The number of nitrogens with zero attached hydrogens (tertiary/aromatic N) is 1. The molecule has 4 aromatic rings. The molecule has 0 spiro atoms. The van der Waals surface area contributed by atoms with E-state index in [2.05, 4.69) is 70.9 Å². The number of carbonyl (C=O) groups is 1. The summed E-state index contributed by atoms with van der Waals surface area (Å²) in [4.78, 5) is 15.1. The molecule has 1 aliphatic rings. The minimum atomic E-state index is -0.0645. The van der Waals surface area contributed by atoms with E-state index in [9.17, 15) is 4.79 Å². The van der Waals surface area contributed by atoms with E-state index in [1.807, 2.05) is 36.4 Å². The molecule has 4 heteroatoms. The van der Waals surface area contributed by atoms with Gasteiger partial charge >= 0.3 is 0 Å². The van der Waals surface area contributed by atoms with Gasteiger partial charge in [-0.15, -0.1) is 0 Å². The molecule has 0 atom stereocenters. The van der Waals surface area contributed by atoms with Crippen LogP contribution in [0.2, 0.25) is 0 Å². The zero-order valence-corrected chi connectivity index (χ0v) is 20.7. The van der Waals surface area contributed by atoms with Gasteiger partial charge in [0.05, 0.1) is 6.54 Å². The van der Waals surface area contributed by atoms with Gasteiger partial charge in [-0.1, -0.05) is 72.8 Å². The summed E-state index contributed by atoms with van der Waals surface area (Å²) in [6.07, 6.45) is 3.68. The molecule has 0 unspecified atom stereocenters. The Morgan fingerprint density at radius 3 is 2.31 bits per heavy atom. The summed E-state index contributed by atoms with van der Waals surface area (Å²) in [6.45, 7) is 4.11. The maximum Gasteiger partial charge on any atom is 0.251 e. The highest BCUT2D eigenvalue weighted by molar-refractivity contribution is 5.94. The summed E-state index contributed by atoms with van der Waals surface area (Å²) >= 11 is 0. The third-order valence-electron chi connectivity index (χ3n) is 7.07. The SMILES string of the molecule is O=C(NCCOc1ccc2ccccc2c1)c1ccc(CN2CCC(Cc3ccccc3)CC2)cc1. The van der Waals surface area contributed by atoms with E-state index in [0.29, 0.717) is 18.7 Å². The second kappa shape index (κ2) is 11.9. The molecule has 0 aromatic heterocycles. The highest BCUT2D eigenvalue weighted by Gasteiger charge is 2.19. The Morgan fingerprint density at radius 1 is 0.806 bits per heavy atom. The van der Waals surface area contributed by atoms with Crippen molar-refractivity contribution in [1.29, 1.82) is 0 Å². The predicted molar refractivity (Wildman–Crippen MR) is 146 cm³/mol. The molecule has 1 amide bonds. The number of hydrogen-bond donors (Lipinski definition) is 1. The lowest BCUT2D eigenvalue weighted by Crippen LogP contribution is -2.33. The monoisotopic (exact) mass is 478 g/mol. The standard InChI is InChI=1S/C32H34N2O2/c35-32(33-18-21-36-31-15-14-28-8-4-5-9-30(28)23-31)29-12-10-27(11-13-29)24-34-19-16-26(17-20-34)22-25-6-2-1-3-7-25/h1-15,23,26H,16-22,24H2,(H,33,35). The van der Waals surface area contributed by atoms with Crippen molar-refractivity contribution in [3.63, 3.8) is 0 Å². The van der Waals surface area contributed by atoms with Crippen molar-refractivity contribution in [2.45, 2.75) is 25.8 Å². The van der Waals surface area contributed by atoms with Crippen LogP contribution >= 0.6 is 0 Å². The largest absolute Gasteiger partial charge is 0.492 e. The van der Waals surface area contributed by atoms with Gasteiger partial charge in [-0.05, 0) is 84.4 Å². The summed E-state index contributed by atoms with van der Waals surface area (Å²) in [5.41, 5.74) is 3.39. The fraction of sp³-hybridized carbons (Fsp3) is 0.281. The van der Waals surface area contributed by atoms with Gasteiger partial charge in [0.1, 0.15) is 12.4 Å². The molecular weight excluding hydrogens is 444 g/mol. The van der Waals surface area contributed by atoms with Crippen molar-refractivity contribution < 1.29 is 9.53 Å². The molecule has 0 saturated carbocycles. The minimum Gasteiger partial charge on any atom is -0.492 e. The van der Waals surface area contributed by atoms with Crippen molar-refractivity contribution in [2.24, 2.45) is 5.92 Å². The normalized spacial score (nSPS) is 14.6. The van der Waals surface area contributed by atoms with Crippen molar-refractivity contribution in [1.82, 2.24) is 10.2 Å². The second-order valence-corrected chi connectivity index (χ2v) is 9.72. The molecule has 0 radical (unpaired) electrons. The fourth-order valence-electron chi connectivity index (χ4n) is 5.01. The molecule has 1 saturated heterocycles. The van der Waals surface area contributed by atoms with Gasteiger partial charge in [-0.2, -0.15) is 0 Å². The van der Waals surface area contributed by atoms with Crippen LogP contribution in [0.1, 0.15) is 34.3 Å². The Bertz CT molecular complexity index is 1260. The van der Waals surface area contributed by atoms with Gasteiger partial charge in [-0.25, -0.2) is 0 Å². The first-order valence-electron chi connectivity index (χ1n) is 13.0. The highest BCUT2D eigenvalue weighted by Crippen LogP contribution is 2.23. The second-order valence-electron chi connectivity index (χ2n) is 9.72. The van der Waals surface area contributed by atoms with Gasteiger partial charge in [0.2, 0.25) is 0 Å². The Hall–Kier alpha value is -3.63. The average Bonchev–Trinajstić information content (AvgIpc) is 2.93. The average molecular weight is 479 g/mol. The summed E-state index contributed by atoms with van der Waals surface area (Å²) in [5, 5.41) is 5.30. The van der Waals surface area contributed by atoms with Crippen molar-refractivity contribution >= 4 is 16.7 Å². The Labute approximate surface area is 213 Å². The Balaban J connectivity index is 1.02. The molecule has 184 valence electrons. The third kappa shape index (κ3) is 6.52. The van der Waals surface area contributed by atoms with E-state index in [1.165, 1.54) is 35.8 Å². The van der Waals surface area contributed by atoms with Gasteiger partial charge in [0.25, 0.3) is 5.91 Å². The number of fused-ring (bicyclic) bond motifs is 1. The highest BCUT2D eigenvalue weighted by atomic mass is 16.5. The molecule has 5 rings (SSSR count). The van der Waals surface area contributed by atoms with E-state index in [4.69, 9.17) is 4.74 Å².